The first kappa shape index (κ1) is 64.9. The Morgan fingerprint density at radius 1 is 0.402 bits per heavy atom. The predicted molar refractivity (Wildman–Crippen MR) is 322 cm³/mol. The van der Waals surface area contributed by atoms with Gasteiger partial charge in [0.05, 0.1) is 42.9 Å². The van der Waals surface area contributed by atoms with E-state index in [-0.39, 0.29) is 55.1 Å². The molecule has 6 aliphatic rings. The first-order chi connectivity index (χ1) is 44.6. The monoisotopic (exact) mass is 1320 g/mol. The molecule has 3 unspecified atom stereocenters. The Labute approximate surface area is 542 Å². The lowest BCUT2D eigenvalue weighted by molar-refractivity contribution is -0.418. The molecule has 92 heavy (non-hydrogen) atoms. The number of hydrogen-bond donors (Lipinski definition) is 1. The van der Waals surface area contributed by atoms with Crippen LogP contribution in [0.25, 0.3) is 0 Å². The Balaban J connectivity index is 0.991. The van der Waals surface area contributed by atoms with Crippen LogP contribution in [0.1, 0.15) is 86.4 Å². The zero-order valence-corrected chi connectivity index (χ0v) is 51.2. The van der Waals surface area contributed by atoms with Gasteiger partial charge in [0.15, 0.2) is 55.9 Å². The summed E-state index contributed by atoms with van der Waals surface area (Å²) in [7, 11) is 0. The Morgan fingerprint density at radius 3 is 1.07 bits per heavy atom. The zero-order chi connectivity index (χ0) is 63.9. The summed E-state index contributed by atoms with van der Waals surface area (Å²) in [6.45, 7) is 0.666. The van der Waals surface area contributed by atoms with Gasteiger partial charge in [-0.15, -0.1) is 0 Å². The number of rotatable bonds is 18. The molecule has 6 aliphatic heterocycles. The molecule has 0 amide bonds. The standard InChI is InChI=1S/C67H62Cl3NO21/c1-37(72)32-33-47(73)83-51-48-44(34-77-60(87-48)41-26-14-5-15-27-41)80-63(54(51)84-57(74)38-20-8-2-9-21-38)90-52-49-45(35-78-61(88-49)42-28-16-6-17-29-42)81-64(55(52)85-58(75)39-22-10-3-11-23-39)91-53-50-46(36-79-62(89-50)43-30-18-7-19-31-43)82-65(92-66(71)67(68,69)70)56(53)86-59(76)40-24-12-4-13-25-40/h2-31,44-46,48-56,60-65,71H,32-36H2,1H3/t44-,45-,46-,48-,49-,50-,51+,52+,53+,54-,55-,56-,60?,61?,62?,63+,64+,65-/m1/s1. The number of ketones is 1. The molecule has 6 aromatic rings. The van der Waals surface area contributed by atoms with Gasteiger partial charge in [0.2, 0.25) is 12.2 Å². The molecule has 6 fully saturated rings. The van der Waals surface area contributed by atoms with Crippen LogP contribution < -0.4 is 0 Å². The van der Waals surface area contributed by atoms with Crippen molar-refractivity contribution >= 4 is 70.4 Å². The Hall–Kier alpha value is -7.23. The number of benzene rings is 6. The maximum Gasteiger partial charge on any atom is 0.338 e. The lowest BCUT2D eigenvalue weighted by Gasteiger charge is -2.53. The highest BCUT2D eigenvalue weighted by Crippen LogP contribution is 2.45. The quantitative estimate of drug-likeness (QED) is 0.0276. The first-order valence-corrected chi connectivity index (χ1v) is 30.8. The van der Waals surface area contributed by atoms with E-state index in [2.05, 4.69) is 0 Å². The Kier molecular flexibility index (Phi) is 20.7. The van der Waals surface area contributed by atoms with Crippen molar-refractivity contribution in [1.29, 1.82) is 5.41 Å². The van der Waals surface area contributed by atoms with E-state index in [0.29, 0.717) is 16.7 Å². The molecule has 12 rings (SSSR count). The molecule has 0 aliphatic carbocycles. The van der Waals surface area contributed by atoms with Gasteiger partial charge in [0.25, 0.3) is 3.79 Å². The fourth-order valence-electron chi connectivity index (χ4n) is 11.4. The molecular weight excluding hydrogens is 1260 g/mol. The summed E-state index contributed by atoms with van der Waals surface area (Å²) in [4.78, 5) is 70.6. The summed E-state index contributed by atoms with van der Waals surface area (Å²) in [6.07, 6.45) is -26.9. The summed E-state index contributed by atoms with van der Waals surface area (Å²) in [5.41, 5.74) is 1.98. The number of carbonyl (C=O) groups is 5. The van der Waals surface area contributed by atoms with Crippen LogP contribution in [0.5, 0.6) is 0 Å². The predicted octanol–water partition coefficient (Wildman–Crippen LogP) is 9.60. The third-order valence-corrected chi connectivity index (χ3v) is 16.4. The SMILES string of the molecule is CC(=O)CCC(=O)O[C@@H]1[C@@H](OC(=O)c2ccccc2)[C@H](O[C@@H]2[C@@H](OC(=O)c3ccccc3)[C@H](O[C@@H]3[C@@H](OC(=O)c4ccccc4)[C@@H](OC(=N)C(Cl)(Cl)Cl)O[C@@H]4COC(c5ccccc5)O[C@@H]34)O[C@@H]3COC(c4ccccc4)O[C@@H]23)O[C@@H]2COC(c3ccccc3)O[C@@H]12. The van der Waals surface area contributed by atoms with E-state index in [1.165, 1.54) is 43.3 Å². The van der Waals surface area contributed by atoms with Crippen LogP contribution in [-0.4, -0.2) is 151 Å². The maximum atomic E-state index is 15.0. The van der Waals surface area contributed by atoms with Crippen LogP contribution in [0.3, 0.4) is 0 Å². The van der Waals surface area contributed by atoms with Crippen molar-refractivity contribution < 1.29 is 99.8 Å². The fraction of sp³-hybridized carbons (Fsp3) is 0.373. The van der Waals surface area contributed by atoms with Crippen molar-refractivity contribution in [3.05, 3.63) is 215 Å². The summed E-state index contributed by atoms with van der Waals surface area (Å²) < 4.78 is 103. The second kappa shape index (κ2) is 29.4. The van der Waals surface area contributed by atoms with Gasteiger partial charge in [-0.05, 0) is 43.3 Å². The average molecular weight is 1320 g/mol. The number of Topliss-reactive ketones (excluding diaryl/α,β-unsaturated/α-hetero) is 1. The van der Waals surface area contributed by atoms with E-state index < -0.39 is 145 Å². The van der Waals surface area contributed by atoms with Crippen molar-refractivity contribution in [2.45, 2.75) is 135 Å². The number of fused-ring (bicyclic) bond motifs is 3. The number of hydrogen-bond acceptors (Lipinski definition) is 22. The third kappa shape index (κ3) is 15.2. The van der Waals surface area contributed by atoms with Crippen LogP contribution in [-0.2, 0) is 85.4 Å². The second-order valence-corrected chi connectivity index (χ2v) is 24.5. The number of ether oxygens (including phenoxy) is 16. The summed E-state index contributed by atoms with van der Waals surface area (Å²) in [6, 6.07) is 50.7. The van der Waals surface area contributed by atoms with Crippen molar-refractivity contribution in [3.63, 3.8) is 0 Å². The highest BCUT2D eigenvalue weighted by molar-refractivity contribution is 6.76. The molecule has 25 heteroatoms. The van der Waals surface area contributed by atoms with Crippen molar-refractivity contribution in [2.75, 3.05) is 19.8 Å². The second-order valence-electron chi connectivity index (χ2n) is 22.2. The van der Waals surface area contributed by atoms with Crippen LogP contribution in [0.4, 0.5) is 0 Å². The molecule has 22 nitrogen and oxygen atoms in total. The van der Waals surface area contributed by atoms with Crippen LogP contribution >= 0.6 is 34.8 Å². The average Bonchev–Trinajstić information content (AvgIpc) is 0.759. The fourth-order valence-corrected chi connectivity index (χ4v) is 11.5. The summed E-state index contributed by atoms with van der Waals surface area (Å²) in [5.74, 6) is -4.82. The van der Waals surface area contributed by atoms with Gasteiger partial charge in [-0.25, -0.2) is 14.4 Å². The number of esters is 4. The molecule has 0 radical (unpaired) electrons. The van der Waals surface area contributed by atoms with Crippen molar-refractivity contribution in [3.8, 4) is 0 Å². The molecule has 0 bridgehead atoms. The lowest BCUT2D eigenvalue weighted by Crippen LogP contribution is -2.70. The molecule has 0 aromatic heterocycles. The molecule has 482 valence electrons. The van der Waals surface area contributed by atoms with Gasteiger partial charge in [-0.1, -0.05) is 180 Å². The van der Waals surface area contributed by atoms with Crippen LogP contribution in [0.15, 0.2) is 182 Å². The third-order valence-electron chi connectivity index (χ3n) is 15.8. The van der Waals surface area contributed by atoms with E-state index in [9.17, 15) is 19.2 Å². The van der Waals surface area contributed by atoms with Crippen LogP contribution in [0.2, 0.25) is 0 Å². The van der Waals surface area contributed by atoms with Gasteiger partial charge in [0, 0.05) is 23.1 Å². The topological polar surface area (TPSA) is 257 Å². The number of halogens is 3. The maximum absolute atomic E-state index is 15.0. The molecule has 1 N–H and O–H groups in total. The van der Waals surface area contributed by atoms with Crippen LogP contribution in [0, 0.1) is 5.41 Å². The molecule has 6 aromatic carbocycles. The molecule has 0 saturated carbocycles. The minimum atomic E-state index is -2.47. The number of nitrogens with one attached hydrogen (secondary N) is 1. The summed E-state index contributed by atoms with van der Waals surface area (Å²) >= 11 is 18.7. The van der Waals surface area contributed by atoms with E-state index >= 15 is 4.79 Å². The number of carbonyl (C=O) groups excluding carboxylic acids is 5. The highest BCUT2D eigenvalue weighted by atomic mass is 35.6. The largest absolute Gasteiger partial charge is 0.455 e. The van der Waals surface area contributed by atoms with E-state index in [1.54, 1.807) is 127 Å². The number of alkyl halides is 3. The smallest absolute Gasteiger partial charge is 0.338 e. The molecule has 18 atom stereocenters. The minimum Gasteiger partial charge on any atom is -0.455 e. The molecule has 0 spiro atoms. The highest BCUT2D eigenvalue weighted by Gasteiger charge is 2.62. The zero-order valence-electron chi connectivity index (χ0n) is 49.0. The molecular formula is C67H62Cl3NO21. The minimum absolute atomic E-state index is 0.0635. The van der Waals surface area contributed by atoms with Gasteiger partial charge in [0.1, 0.15) is 54.6 Å². The Bertz CT molecular complexity index is 3490. The first-order valence-electron chi connectivity index (χ1n) is 29.6. The molecule has 6 heterocycles. The normalized spacial score (nSPS) is 31.0. The van der Waals surface area contributed by atoms with Crippen molar-refractivity contribution in [2.24, 2.45) is 0 Å². The summed E-state index contributed by atoms with van der Waals surface area (Å²) in [5, 5.41) is 8.76. The Morgan fingerprint density at radius 2 is 0.717 bits per heavy atom. The van der Waals surface area contributed by atoms with E-state index in [0.717, 1.165) is 0 Å². The van der Waals surface area contributed by atoms with Gasteiger partial charge in [-0.3, -0.25) is 10.2 Å². The van der Waals surface area contributed by atoms with E-state index in [4.69, 9.17) is 116 Å². The van der Waals surface area contributed by atoms with Crippen molar-refractivity contribution in [1.82, 2.24) is 0 Å². The lowest BCUT2D eigenvalue weighted by atomic mass is 9.94. The molecule has 6 saturated heterocycles. The van der Waals surface area contributed by atoms with Gasteiger partial charge < -0.3 is 80.6 Å². The van der Waals surface area contributed by atoms with Gasteiger partial charge >= 0.3 is 23.9 Å². The van der Waals surface area contributed by atoms with Gasteiger partial charge in [-0.2, -0.15) is 0 Å². The van der Waals surface area contributed by atoms with E-state index in [1.807, 2.05) is 18.2 Å².